The maximum Gasteiger partial charge on any atom is 0.410 e. The van der Waals surface area contributed by atoms with Crippen molar-refractivity contribution in [2.24, 2.45) is 11.3 Å². The molecular weight excluding hydrogens is 350 g/mol. The van der Waals surface area contributed by atoms with E-state index in [0.29, 0.717) is 11.8 Å². The van der Waals surface area contributed by atoms with Crippen LogP contribution in [-0.2, 0) is 9.53 Å². The Hall–Kier alpha value is -2.25. The second-order valence-corrected chi connectivity index (χ2v) is 8.92. The first-order valence-electron chi connectivity index (χ1n) is 9.27. The fraction of sp³-hybridized carbons (Fsp3) is 0.737. The Labute approximate surface area is 160 Å². The highest BCUT2D eigenvalue weighted by Crippen LogP contribution is 2.42. The summed E-state index contributed by atoms with van der Waals surface area (Å²) in [6.45, 7) is 15.4. The molecule has 27 heavy (non-hydrogen) atoms. The van der Waals surface area contributed by atoms with Crippen LogP contribution in [0.4, 0.5) is 10.6 Å². The van der Waals surface area contributed by atoms with Crippen LogP contribution in [0, 0.1) is 11.3 Å². The molecular formula is C19H31N3O5. The van der Waals surface area contributed by atoms with E-state index in [1.165, 1.54) is 0 Å². The molecule has 3 rings (SSSR count). The number of carbonyl (C=O) groups excluding carboxylic acids is 1. The number of hydrogen-bond donors (Lipinski definition) is 1. The molecule has 152 valence electrons. The van der Waals surface area contributed by atoms with Gasteiger partial charge in [-0.15, -0.1) is 0 Å². The summed E-state index contributed by atoms with van der Waals surface area (Å²) in [4.78, 5) is 24.4. The maximum atomic E-state index is 12.0. The van der Waals surface area contributed by atoms with Crippen LogP contribution in [0.2, 0.25) is 0 Å². The van der Waals surface area contributed by atoms with Crippen molar-refractivity contribution in [3.63, 3.8) is 0 Å². The van der Waals surface area contributed by atoms with Gasteiger partial charge in [0.15, 0.2) is 5.82 Å². The van der Waals surface area contributed by atoms with Crippen LogP contribution in [0.5, 0.6) is 0 Å². The Morgan fingerprint density at radius 3 is 2.33 bits per heavy atom. The minimum atomic E-state index is -0.435. The zero-order valence-corrected chi connectivity index (χ0v) is 17.1. The third-order valence-electron chi connectivity index (χ3n) is 5.05. The summed E-state index contributed by atoms with van der Waals surface area (Å²) in [6, 6.07) is 2.06. The van der Waals surface area contributed by atoms with Crippen LogP contribution >= 0.6 is 0 Å². The summed E-state index contributed by atoms with van der Waals surface area (Å²) in [5, 5.41) is 11.1. The first-order chi connectivity index (χ1) is 12.5. The second-order valence-electron chi connectivity index (χ2n) is 8.92. The molecule has 0 aliphatic carbocycles. The SMILES string of the molecule is CC(C)C(C)c1cc(N2CC3(CN(C(=O)OC(C)(C)C)C3)C2)no1.O=CO. The monoisotopic (exact) mass is 381 g/mol. The molecule has 0 radical (unpaired) electrons. The molecule has 2 aliphatic heterocycles. The highest BCUT2D eigenvalue weighted by Gasteiger charge is 2.54. The summed E-state index contributed by atoms with van der Waals surface area (Å²) >= 11 is 0. The number of hydrogen-bond acceptors (Lipinski definition) is 6. The minimum Gasteiger partial charge on any atom is -0.483 e. The van der Waals surface area contributed by atoms with Crippen LogP contribution in [0.3, 0.4) is 0 Å². The van der Waals surface area contributed by atoms with Gasteiger partial charge in [0, 0.05) is 43.6 Å². The zero-order chi connectivity index (χ0) is 20.4. The van der Waals surface area contributed by atoms with Gasteiger partial charge in [-0.1, -0.05) is 25.9 Å². The van der Waals surface area contributed by atoms with Gasteiger partial charge < -0.3 is 24.2 Å². The van der Waals surface area contributed by atoms with Crippen LogP contribution in [-0.4, -0.2) is 59.5 Å². The van der Waals surface area contributed by atoms with E-state index in [1.807, 2.05) is 20.8 Å². The van der Waals surface area contributed by atoms with Crippen molar-refractivity contribution in [1.29, 1.82) is 0 Å². The molecule has 2 fully saturated rings. The van der Waals surface area contributed by atoms with Crippen LogP contribution in [0.15, 0.2) is 10.6 Å². The van der Waals surface area contributed by atoms with Crippen LogP contribution < -0.4 is 4.90 Å². The van der Waals surface area contributed by atoms with Crippen molar-refractivity contribution in [2.75, 3.05) is 31.1 Å². The Kier molecular flexibility index (Phi) is 6.07. The van der Waals surface area contributed by atoms with Gasteiger partial charge in [-0.2, -0.15) is 0 Å². The van der Waals surface area contributed by atoms with Crippen molar-refractivity contribution < 1.29 is 24.0 Å². The molecule has 2 aliphatic rings. The smallest absolute Gasteiger partial charge is 0.410 e. The molecule has 0 aromatic carbocycles. The molecule has 2 saturated heterocycles. The molecule has 8 heteroatoms. The summed E-state index contributed by atoms with van der Waals surface area (Å²) in [6.07, 6.45) is -0.207. The number of amides is 1. The van der Waals surface area contributed by atoms with Gasteiger partial charge in [0.1, 0.15) is 11.4 Å². The first-order valence-corrected chi connectivity index (χ1v) is 9.27. The summed E-state index contributed by atoms with van der Waals surface area (Å²) < 4.78 is 10.9. The van der Waals surface area contributed by atoms with E-state index >= 15 is 0 Å². The standard InChI is InChI=1S/C18H29N3O3.CH2O2/c1-12(2)13(3)14-7-15(19-24-14)20-8-18(9-20)10-21(11-18)16(22)23-17(4,5)6;2-1-3/h7,12-13H,8-11H2,1-6H3;1H,(H,2,3). The van der Waals surface area contributed by atoms with Gasteiger partial charge in [0.2, 0.25) is 0 Å². The van der Waals surface area contributed by atoms with Crippen LogP contribution in [0.25, 0.3) is 0 Å². The van der Waals surface area contributed by atoms with Crippen molar-refractivity contribution in [3.8, 4) is 0 Å². The zero-order valence-electron chi connectivity index (χ0n) is 17.1. The van der Waals surface area contributed by atoms with Gasteiger partial charge in [-0.05, 0) is 26.7 Å². The topological polar surface area (TPSA) is 96.1 Å². The van der Waals surface area contributed by atoms with E-state index in [0.717, 1.165) is 37.8 Å². The maximum absolute atomic E-state index is 12.0. The van der Waals surface area contributed by atoms with E-state index in [4.69, 9.17) is 19.2 Å². The van der Waals surface area contributed by atoms with Crippen molar-refractivity contribution in [2.45, 2.75) is 53.1 Å². The third kappa shape index (κ3) is 4.93. The molecule has 3 heterocycles. The van der Waals surface area contributed by atoms with E-state index < -0.39 is 5.60 Å². The third-order valence-corrected chi connectivity index (χ3v) is 5.05. The minimum absolute atomic E-state index is 0.207. The number of aromatic nitrogens is 1. The van der Waals surface area contributed by atoms with E-state index in [2.05, 4.69) is 36.9 Å². The molecule has 0 bridgehead atoms. The fourth-order valence-corrected chi connectivity index (χ4v) is 3.32. The quantitative estimate of drug-likeness (QED) is 0.803. The molecule has 1 unspecified atom stereocenters. The summed E-state index contributed by atoms with van der Waals surface area (Å²) in [5.74, 6) is 2.76. The van der Waals surface area contributed by atoms with Crippen molar-refractivity contribution in [1.82, 2.24) is 10.1 Å². The van der Waals surface area contributed by atoms with Crippen molar-refractivity contribution in [3.05, 3.63) is 11.8 Å². The Morgan fingerprint density at radius 1 is 1.30 bits per heavy atom. The highest BCUT2D eigenvalue weighted by molar-refractivity contribution is 5.70. The largest absolute Gasteiger partial charge is 0.483 e. The molecule has 8 nitrogen and oxygen atoms in total. The van der Waals surface area contributed by atoms with E-state index in [-0.39, 0.29) is 18.0 Å². The molecule has 0 saturated carbocycles. The Morgan fingerprint density at radius 2 is 1.85 bits per heavy atom. The number of ether oxygens (including phenoxy) is 1. The van der Waals surface area contributed by atoms with Gasteiger partial charge in [-0.3, -0.25) is 4.79 Å². The number of nitrogens with zero attached hydrogens (tertiary/aromatic N) is 3. The van der Waals surface area contributed by atoms with E-state index in [1.54, 1.807) is 4.90 Å². The Bertz CT molecular complexity index is 651. The van der Waals surface area contributed by atoms with E-state index in [9.17, 15) is 4.79 Å². The lowest BCUT2D eigenvalue weighted by Gasteiger charge is -2.59. The van der Waals surface area contributed by atoms with Gasteiger partial charge in [0.25, 0.3) is 6.47 Å². The fourth-order valence-electron chi connectivity index (χ4n) is 3.32. The van der Waals surface area contributed by atoms with Gasteiger partial charge >= 0.3 is 6.09 Å². The molecule has 1 aromatic rings. The lowest BCUT2D eigenvalue weighted by molar-refractivity contribution is -0.122. The summed E-state index contributed by atoms with van der Waals surface area (Å²) in [7, 11) is 0. The highest BCUT2D eigenvalue weighted by atomic mass is 16.6. The lowest BCUT2D eigenvalue weighted by Crippen LogP contribution is -2.73. The molecule has 1 atom stereocenters. The predicted octanol–water partition coefficient (Wildman–Crippen LogP) is 3.19. The number of anilines is 1. The normalized spacial score (nSPS) is 18.9. The first kappa shape index (κ1) is 21.1. The lowest BCUT2D eigenvalue weighted by atomic mass is 9.73. The second kappa shape index (κ2) is 7.78. The average molecular weight is 381 g/mol. The number of rotatable bonds is 3. The van der Waals surface area contributed by atoms with Crippen molar-refractivity contribution >= 4 is 18.4 Å². The molecule has 1 N–H and O–H groups in total. The summed E-state index contributed by atoms with van der Waals surface area (Å²) in [5.41, 5.74) is -0.227. The van der Waals surface area contributed by atoms with Crippen LogP contribution in [0.1, 0.15) is 53.2 Å². The molecule has 1 aromatic heterocycles. The Balaban J connectivity index is 0.000000817. The van der Waals surface area contributed by atoms with Gasteiger partial charge in [-0.25, -0.2) is 4.79 Å². The average Bonchev–Trinajstić information content (AvgIpc) is 2.91. The number of likely N-dealkylation sites (tertiary alicyclic amines) is 1. The predicted molar refractivity (Wildman–Crippen MR) is 101 cm³/mol. The number of carboxylic acid groups (broad SMARTS) is 1. The number of carbonyl (C=O) groups is 2. The molecule has 1 spiro atoms. The molecule has 1 amide bonds. The van der Waals surface area contributed by atoms with Gasteiger partial charge in [0.05, 0.1) is 0 Å².